The van der Waals surface area contributed by atoms with E-state index in [4.69, 9.17) is 0 Å². The van der Waals surface area contributed by atoms with Gasteiger partial charge in [-0.2, -0.15) is 0 Å². The van der Waals surface area contributed by atoms with Crippen LogP contribution in [0.2, 0.25) is 0 Å². The molecule has 2 aromatic carbocycles. The zero-order valence-electron chi connectivity index (χ0n) is 13.8. The lowest BCUT2D eigenvalue weighted by molar-refractivity contribution is 0.0984. The molecule has 0 bridgehead atoms. The molecular weight excluding hydrogens is 318 g/mol. The summed E-state index contributed by atoms with van der Waals surface area (Å²) in [6.07, 6.45) is 0. The number of aromatic nitrogens is 1. The Hall–Kier alpha value is -2.40. The van der Waals surface area contributed by atoms with Gasteiger partial charge in [-0.05, 0) is 44.2 Å². The molecule has 0 saturated carbocycles. The van der Waals surface area contributed by atoms with Crippen molar-refractivity contribution in [2.45, 2.75) is 19.9 Å². The van der Waals surface area contributed by atoms with Gasteiger partial charge in [0.15, 0.2) is 0 Å². The van der Waals surface area contributed by atoms with E-state index >= 15 is 0 Å². The van der Waals surface area contributed by atoms with Gasteiger partial charge in [-0.25, -0.2) is 4.98 Å². The van der Waals surface area contributed by atoms with Crippen molar-refractivity contribution in [3.05, 3.63) is 53.5 Å². The maximum Gasteiger partial charge on any atom is 0.258 e. The number of fused-ring (bicyclic) bond motifs is 2. The number of rotatable bonds is 2. The van der Waals surface area contributed by atoms with Crippen molar-refractivity contribution in [2.75, 3.05) is 22.9 Å². The van der Waals surface area contributed by atoms with Gasteiger partial charge in [-0.15, -0.1) is 11.3 Å². The van der Waals surface area contributed by atoms with E-state index in [1.54, 1.807) is 11.3 Å². The van der Waals surface area contributed by atoms with Crippen molar-refractivity contribution in [2.24, 2.45) is 0 Å². The number of carbonyl (C=O) groups is 1. The van der Waals surface area contributed by atoms with E-state index in [1.165, 1.54) is 0 Å². The third-order valence-electron chi connectivity index (χ3n) is 4.62. The topological polar surface area (TPSA) is 36.4 Å². The van der Waals surface area contributed by atoms with Crippen LogP contribution in [0.5, 0.6) is 0 Å². The van der Waals surface area contributed by atoms with Gasteiger partial charge in [0.1, 0.15) is 0 Å². The van der Waals surface area contributed by atoms with Crippen LogP contribution >= 0.6 is 11.3 Å². The average Bonchev–Trinajstić information content (AvgIpc) is 3.08. The minimum absolute atomic E-state index is 0.0559. The summed E-state index contributed by atoms with van der Waals surface area (Å²) in [5.74, 6) is 0.0559. The van der Waals surface area contributed by atoms with E-state index in [2.05, 4.69) is 29.8 Å². The summed E-state index contributed by atoms with van der Waals surface area (Å²) in [5.41, 5.74) is 5.61. The number of amides is 1. The highest BCUT2D eigenvalue weighted by Crippen LogP contribution is 2.36. The lowest BCUT2D eigenvalue weighted by Gasteiger charge is -2.42. The number of carbonyl (C=O) groups excluding carboxylic acids is 1. The van der Waals surface area contributed by atoms with Crippen molar-refractivity contribution < 1.29 is 4.79 Å². The molecule has 0 saturated heterocycles. The largest absolute Gasteiger partial charge is 0.366 e. The van der Waals surface area contributed by atoms with Crippen LogP contribution in [-0.2, 0) is 0 Å². The highest BCUT2D eigenvalue weighted by atomic mass is 32.1. The van der Waals surface area contributed by atoms with E-state index in [0.717, 1.165) is 33.7 Å². The Kier molecular flexibility index (Phi) is 3.73. The molecule has 5 heteroatoms. The van der Waals surface area contributed by atoms with Gasteiger partial charge in [0.25, 0.3) is 5.91 Å². The summed E-state index contributed by atoms with van der Waals surface area (Å²) in [5, 5.41) is 0. The van der Waals surface area contributed by atoms with Crippen LogP contribution in [0.25, 0.3) is 10.2 Å². The van der Waals surface area contributed by atoms with Gasteiger partial charge < -0.3 is 9.80 Å². The average molecular weight is 337 g/mol. The van der Waals surface area contributed by atoms with Gasteiger partial charge in [0.2, 0.25) is 0 Å². The standard InChI is InChI=1S/C19H19N3OS/c1-3-21-13(2)11-22(17-7-5-4-6-16(17)21)19(23)14-8-9-15-18(10-14)24-12-20-15/h4-10,12-13H,3,11H2,1-2H3/t13-/m0/s1. The third-order valence-corrected chi connectivity index (χ3v) is 5.42. The van der Waals surface area contributed by atoms with Gasteiger partial charge in [-0.3, -0.25) is 4.79 Å². The molecular formula is C19H19N3OS. The second-order valence-corrected chi connectivity index (χ2v) is 6.96. The minimum atomic E-state index is 0.0559. The lowest BCUT2D eigenvalue weighted by atomic mass is 10.1. The highest BCUT2D eigenvalue weighted by molar-refractivity contribution is 7.16. The molecule has 0 fully saturated rings. The van der Waals surface area contributed by atoms with E-state index in [1.807, 2.05) is 46.8 Å². The monoisotopic (exact) mass is 337 g/mol. The summed E-state index contributed by atoms with van der Waals surface area (Å²) < 4.78 is 1.05. The molecule has 0 spiro atoms. The fraction of sp³-hybridized carbons (Fsp3) is 0.263. The molecule has 4 nitrogen and oxygen atoms in total. The number of hydrogen-bond acceptors (Lipinski definition) is 4. The van der Waals surface area contributed by atoms with Gasteiger partial charge in [0, 0.05) is 24.7 Å². The Morgan fingerprint density at radius 2 is 2.04 bits per heavy atom. The van der Waals surface area contributed by atoms with Crippen LogP contribution in [0.15, 0.2) is 48.0 Å². The summed E-state index contributed by atoms with van der Waals surface area (Å²) in [6.45, 7) is 5.96. The molecule has 1 aromatic heterocycles. The molecule has 3 aromatic rings. The molecule has 0 N–H and O–H groups in total. The molecule has 1 aliphatic rings. The second kappa shape index (κ2) is 5.91. The Morgan fingerprint density at radius 1 is 1.25 bits per heavy atom. The Bertz CT molecular complexity index is 904. The van der Waals surface area contributed by atoms with Crippen molar-refractivity contribution in [3.63, 3.8) is 0 Å². The first-order valence-corrected chi connectivity index (χ1v) is 9.07. The summed E-state index contributed by atoms with van der Waals surface area (Å²) in [4.78, 5) is 21.7. The smallest absolute Gasteiger partial charge is 0.258 e. The van der Waals surface area contributed by atoms with Crippen molar-refractivity contribution in [1.29, 1.82) is 0 Å². The molecule has 24 heavy (non-hydrogen) atoms. The molecule has 1 amide bonds. The zero-order valence-corrected chi connectivity index (χ0v) is 14.6. The molecule has 1 atom stereocenters. The lowest BCUT2D eigenvalue weighted by Crippen LogP contribution is -2.49. The number of benzene rings is 2. The van der Waals surface area contributed by atoms with Crippen molar-refractivity contribution >= 4 is 38.8 Å². The SMILES string of the molecule is CCN1c2ccccc2N(C(=O)c2ccc3ncsc3c2)C[C@@H]1C. The van der Waals surface area contributed by atoms with Crippen LogP contribution in [0.4, 0.5) is 11.4 Å². The van der Waals surface area contributed by atoms with Gasteiger partial charge in [-0.1, -0.05) is 12.1 Å². The number of nitrogens with zero attached hydrogens (tertiary/aromatic N) is 3. The van der Waals surface area contributed by atoms with E-state index < -0.39 is 0 Å². The molecule has 122 valence electrons. The predicted octanol–water partition coefficient (Wildman–Crippen LogP) is 4.17. The van der Waals surface area contributed by atoms with E-state index in [9.17, 15) is 4.79 Å². The van der Waals surface area contributed by atoms with Crippen LogP contribution in [0, 0.1) is 0 Å². The first-order chi connectivity index (χ1) is 11.7. The normalized spacial score (nSPS) is 17.2. The Labute approximate surface area is 145 Å². The van der Waals surface area contributed by atoms with Crippen LogP contribution in [0.1, 0.15) is 24.2 Å². The summed E-state index contributed by atoms with van der Waals surface area (Å²) in [7, 11) is 0. The first-order valence-electron chi connectivity index (χ1n) is 8.20. The van der Waals surface area contributed by atoms with Crippen molar-refractivity contribution in [3.8, 4) is 0 Å². The minimum Gasteiger partial charge on any atom is -0.366 e. The highest BCUT2D eigenvalue weighted by Gasteiger charge is 2.31. The zero-order chi connectivity index (χ0) is 16.7. The second-order valence-electron chi connectivity index (χ2n) is 6.07. The molecule has 0 radical (unpaired) electrons. The maximum atomic E-state index is 13.2. The quantitative estimate of drug-likeness (QED) is 0.704. The molecule has 0 unspecified atom stereocenters. The summed E-state index contributed by atoms with van der Waals surface area (Å²) in [6, 6.07) is 14.2. The molecule has 1 aliphatic heterocycles. The van der Waals surface area contributed by atoms with E-state index in [-0.39, 0.29) is 5.91 Å². The molecule has 4 rings (SSSR count). The number of likely N-dealkylation sites (N-methyl/N-ethyl adjacent to an activating group) is 1. The molecule has 2 heterocycles. The van der Waals surface area contributed by atoms with Crippen LogP contribution < -0.4 is 9.80 Å². The Morgan fingerprint density at radius 3 is 2.83 bits per heavy atom. The van der Waals surface area contributed by atoms with Crippen LogP contribution in [-0.4, -0.2) is 30.0 Å². The van der Waals surface area contributed by atoms with E-state index in [0.29, 0.717) is 12.6 Å². The maximum absolute atomic E-state index is 13.2. The third kappa shape index (κ3) is 2.36. The van der Waals surface area contributed by atoms with Gasteiger partial charge >= 0.3 is 0 Å². The summed E-state index contributed by atoms with van der Waals surface area (Å²) >= 11 is 1.57. The van der Waals surface area contributed by atoms with Crippen molar-refractivity contribution in [1.82, 2.24) is 4.98 Å². The number of hydrogen-bond donors (Lipinski definition) is 0. The fourth-order valence-electron chi connectivity index (χ4n) is 3.45. The predicted molar refractivity (Wildman–Crippen MR) is 100 cm³/mol. The fourth-order valence-corrected chi connectivity index (χ4v) is 4.17. The van der Waals surface area contributed by atoms with Crippen LogP contribution in [0.3, 0.4) is 0 Å². The number of anilines is 2. The van der Waals surface area contributed by atoms with Gasteiger partial charge in [0.05, 0.1) is 27.1 Å². The Balaban J connectivity index is 1.76. The first kappa shape index (κ1) is 15.1. The molecule has 0 aliphatic carbocycles. The number of thiazole rings is 1. The number of para-hydroxylation sites is 2.